The van der Waals surface area contributed by atoms with E-state index in [9.17, 15) is 9.90 Å². The third-order valence-electron chi connectivity index (χ3n) is 5.22. The molecular weight excluding hydrogens is 366 g/mol. The molecule has 1 aliphatic heterocycles. The molecule has 2 aromatic carbocycles. The van der Waals surface area contributed by atoms with Crippen molar-refractivity contribution in [3.05, 3.63) is 59.2 Å². The van der Waals surface area contributed by atoms with Crippen LogP contribution in [0.25, 0.3) is 0 Å². The summed E-state index contributed by atoms with van der Waals surface area (Å²) < 4.78 is 5.52. The molecule has 2 aromatic rings. The van der Waals surface area contributed by atoms with Gasteiger partial charge in [-0.15, -0.1) is 0 Å². The molecule has 0 radical (unpaired) electrons. The largest absolute Gasteiger partial charge is 0.504 e. The first kappa shape index (κ1) is 21.1. The number of hydrogen-bond acceptors (Lipinski definition) is 5. The number of fused-ring (bicyclic) bond motifs is 1. The number of nitrogens with one attached hydrogen (secondary N) is 1. The number of aromatic hydroxyl groups is 1. The zero-order valence-electron chi connectivity index (χ0n) is 17.5. The second kappa shape index (κ2) is 9.76. The Morgan fingerprint density at radius 1 is 1.24 bits per heavy atom. The van der Waals surface area contributed by atoms with E-state index < -0.39 is 0 Å². The molecule has 2 N–H and O–H groups in total. The predicted octanol–water partition coefficient (Wildman–Crippen LogP) is 2.40. The lowest BCUT2D eigenvalue weighted by atomic mass is 9.93. The molecule has 6 heteroatoms. The van der Waals surface area contributed by atoms with Gasteiger partial charge in [0, 0.05) is 26.2 Å². The number of benzene rings is 2. The van der Waals surface area contributed by atoms with Gasteiger partial charge in [0.1, 0.15) is 0 Å². The number of amides is 1. The van der Waals surface area contributed by atoms with Crippen LogP contribution in [0.4, 0.5) is 0 Å². The van der Waals surface area contributed by atoms with E-state index in [4.69, 9.17) is 4.74 Å². The van der Waals surface area contributed by atoms with E-state index in [-0.39, 0.29) is 17.7 Å². The van der Waals surface area contributed by atoms with Gasteiger partial charge < -0.3 is 20.1 Å². The normalized spacial score (nSPS) is 16.5. The van der Waals surface area contributed by atoms with Crippen molar-refractivity contribution in [2.24, 2.45) is 0 Å². The fourth-order valence-electron chi connectivity index (χ4n) is 3.68. The van der Waals surface area contributed by atoms with E-state index in [0.717, 1.165) is 12.1 Å². The molecule has 0 fully saturated rings. The van der Waals surface area contributed by atoms with Crippen LogP contribution < -0.4 is 10.1 Å². The van der Waals surface area contributed by atoms with Gasteiger partial charge in [-0.25, -0.2) is 0 Å². The predicted molar refractivity (Wildman–Crippen MR) is 114 cm³/mol. The minimum atomic E-state index is -0.226. The number of phenols is 1. The monoisotopic (exact) mass is 397 g/mol. The van der Waals surface area contributed by atoms with Crippen LogP contribution >= 0.6 is 0 Å². The van der Waals surface area contributed by atoms with E-state index in [1.165, 1.54) is 11.1 Å². The summed E-state index contributed by atoms with van der Waals surface area (Å²) in [6.45, 7) is 5.15. The molecule has 156 valence electrons. The molecule has 1 unspecified atom stereocenters. The molecule has 0 aromatic heterocycles. The molecule has 0 saturated heterocycles. The van der Waals surface area contributed by atoms with Crippen LogP contribution in [0.2, 0.25) is 0 Å². The first-order chi connectivity index (χ1) is 14.0. The number of carbonyl (C=O) groups excluding carboxylic acids is 1. The number of rotatable bonds is 8. The highest BCUT2D eigenvalue weighted by atomic mass is 16.5. The summed E-state index contributed by atoms with van der Waals surface area (Å²) in [5.41, 5.74) is 3.50. The van der Waals surface area contributed by atoms with E-state index in [0.29, 0.717) is 38.4 Å². The minimum absolute atomic E-state index is 0.0603. The topological polar surface area (TPSA) is 65.0 Å². The number of phenolic OH excluding ortho intramolecular Hbond substituents is 1. The van der Waals surface area contributed by atoms with Crippen LogP contribution in [-0.4, -0.2) is 60.6 Å². The molecule has 3 rings (SSSR count). The summed E-state index contributed by atoms with van der Waals surface area (Å²) in [6, 6.07) is 13.5. The third kappa shape index (κ3) is 5.49. The Labute approximate surface area is 173 Å². The number of ether oxygens (including phenoxy) is 1. The van der Waals surface area contributed by atoms with Crippen molar-refractivity contribution >= 4 is 5.91 Å². The zero-order chi connectivity index (χ0) is 20.8. The number of nitrogens with zero attached hydrogens (tertiary/aromatic N) is 2. The Hall–Kier alpha value is -2.57. The summed E-state index contributed by atoms with van der Waals surface area (Å²) in [4.78, 5) is 17.2. The summed E-state index contributed by atoms with van der Waals surface area (Å²) in [5.74, 6) is 0.678. The molecular formula is C23H31N3O3. The molecule has 0 saturated carbocycles. The Bertz CT molecular complexity index is 838. The van der Waals surface area contributed by atoms with E-state index >= 15 is 0 Å². The Morgan fingerprint density at radius 3 is 2.72 bits per heavy atom. The minimum Gasteiger partial charge on any atom is -0.504 e. The maximum absolute atomic E-state index is 13.0. The van der Waals surface area contributed by atoms with Gasteiger partial charge in [-0.1, -0.05) is 30.3 Å². The highest BCUT2D eigenvalue weighted by Gasteiger charge is 2.31. The quantitative estimate of drug-likeness (QED) is 0.716. The number of carbonyl (C=O) groups is 1. The van der Waals surface area contributed by atoms with Crippen molar-refractivity contribution in [3.8, 4) is 11.5 Å². The van der Waals surface area contributed by atoms with Crippen LogP contribution in [0.1, 0.15) is 23.6 Å². The third-order valence-corrected chi connectivity index (χ3v) is 5.22. The van der Waals surface area contributed by atoms with Crippen molar-refractivity contribution < 1.29 is 14.6 Å². The maximum atomic E-state index is 13.0. The smallest absolute Gasteiger partial charge is 0.237 e. The number of hydrogen-bond donors (Lipinski definition) is 2. The van der Waals surface area contributed by atoms with Gasteiger partial charge >= 0.3 is 0 Å². The van der Waals surface area contributed by atoms with Gasteiger partial charge in [0.15, 0.2) is 11.5 Å². The fourth-order valence-corrected chi connectivity index (χ4v) is 3.68. The highest BCUT2D eigenvalue weighted by molar-refractivity contribution is 5.82. The summed E-state index contributed by atoms with van der Waals surface area (Å²) in [7, 11) is 3.99. The van der Waals surface area contributed by atoms with Crippen LogP contribution in [0.15, 0.2) is 42.5 Å². The van der Waals surface area contributed by atoms with Crippen molar-refractivity contribution in [3.63, 3.8) is 0 Å². The average molecular weight is 398 g/mol. The second-order valence-corrected chi connectivity index (χ2v) is 7.72. The molecule has 1 amide bonds. The Morgan fingerprint density at radius 2 is 2.00 bits per heavy atom. The van der Waals surface area contributed by atoms with E-state index in [1.54, 1.807) is 6.07 Å². The number of likely N-dealkylation sites (N-methyl/N-ethyl adjacent to an activating group) is 1. The van der Waals surface area contributed by atoms with Crippen LogP contribution in [0.3, 0.4) is 0 Å². The molecule has 29 heavy (non-hydrogen) atoms. The molecule has 6 nitrogen and oxygen atoms in total. The molecule has 0 spiro atoms. The standard InChI is InChI=1S/C23H31N3O3/c1-4-29-22-13-17(9-10-21(22)27)15-26-16-19-8-6-5-7-18(19)14-20(26)23(28)24-11-12-25(2)3/h5-10,13,20,27H,4,11-12,14-16H2,1-3H3,(H,24,28). The van der Waals surface area contributed by atoms with Gasteiger partial charge in [0.05, 0.1) is 12.6 Å². The summed E-state index contributed by atoms with van der Waals surface area (Å²) in [6.07, 6.45) is 0.695. The van der Waals surface area contributed by atoms with Crippen molar-refractivity contribution in [2.75, 3.05) is 33.8 Å². The lowest BCUT2D eigenvalue weighted by molar-refractivity contribution is -0.127. The molecule has 1 aliphatic rings. The van der Waals surface area contributed by atoms with Gasteiger partial charge in [-0.3, -0.25) is 9.69 Å². The van der Waals surface area contributed by atoms with E-state index in [2.05, 4.69) is 27.2 Å². The molecule has 0 bridgehead atoms. The lowest BCUT2D eigenvalue weighted by Gasteiger charge is -2.36. The van der Waals surface area contributed by atoms with Crippen LogP contribution in [0.5, 0.6) is 11.5 Å². The summed E-state index contributed by atoms with van der Waals surface area (Å²) in [5, 5.41) is 13.1. The Kier molecular flexibility index (Phi) is 7.12. The molecule has 0 aliphatic carbocycles. The SMILES string of the molecule is CCOc1cc(CN2Cc3ccccc3CC2C(=O)NCCN(C)C)ccc1O. The maximum Gasteiger partial charge on any atom is 0.237 e. The first-order valence-corrected chi connectivity index (χ1v) is 10.2. The fraction of sp³-hybridized carbons (Fsp3) is 0.435. The van der Waals surface area contributed by atoms with Gasteiger partial charge in [-0.05, 0) is 56.3 Å². The Balaban J connectivity index is 1.79. The van der Waals surface area contributed by atoms with E-state index in [1.807, 2.05) is 45.3 Å². The molecule has 1 heterocycles. The average Bonchev–Trinajstić information content (AvgIpc) is 2.70. The van der Waals surface area contributed by atoms with Crippen LogP contribution in [-0.2, 0) is 24.3 Å². The molecule has 1 atom stereocenters. The van der Waals surface area contributed by atoms with Gasteiger partial charge in [0.25, 0.3) is 0 Å². The highest BCUT2D eigenvalue weighted by Crippen LogP contribution is 2.30. The summed E-state index contributed by atoms with van der Waals surface area (Å²) >= 11 is 0. The van der Waals surface area contributed by atoms with Gasteiger partial charge in [0.2, 0.25) is 5.91 Å². The lowest BCUT2D eigenvalue weighted by Crippen LogP contribution is -2.50. The van der Waals surface area contributed by atoms with Crippen molar-refractivity contribution in [2.45, 2.75) is 32.5 Å². The first-order valence-electron chi connectivity index (χ1n) is 10.2. The van der Waals surface area contributed by atoms with Gasteiger partial charge in [-0.2, -0.15) is 0 Å². The van der Waals surface area contributed by atoms with Crippen molar-refractivity contribution in [1.82, 2.24) is 15.1 Å². The second-order valence-electron chi connectivity index (χ2n) is 7.72. The van der Waals surface area contributed by atoms with Crippen LogP contribution in [0, 0.1) is 0 Å². The zero-order valence-corrected chi connectivity index (χ0v) is 17.5. The van der Waals surface area contributed by atoms with Crippen molar-refractivity contribution in [1.29, 1.82) is 0 Å².